The zero-order chi connectivity index (χ0) is 7.42. The molecule has 0 saturated heterocycles. The highest BCUT2D eigenvalue weighted by Crippen LogP contribution is 2.57. The minimum Gasteiger partial charge on any atom is -0.299 e. The van der Waals surface area contributed by atoms with Crippen molar-refractivity contribution in [1.29, 1.82) is 0 Å². The highest BCUT2D eigenvalue weighted by Gasteiger charge is 2.52. The fraction of sp³-hybridized carbons (Fsp3) is 0.900. The molecule has 4 atom stereocenters. The van der Waals surface area contributed by atoms with Crippen molar-refractivity contribution in [2.45, 2.75) is 32.1 Å². The lowest BCUT2D eigenvalue weighted by Crippen LogP contribution is -2.21. The third-order valence-electron chi connectivity index (χ3n) is 4.18. The van der Waals surface area contributed by atoms with Gasteiger partial charge in [-0.05, 0) is 43.4 Å². The van der Waals surface area contributed by atoms with Crippen LogP contribution in [0.1, 0.15) is 32.1 Å². The van der Waals surface area contributed by atoms with Gasteiger partial charge in [0.25, 0.3) is 0 Å². The van der Waals surface area contributed by atoms with E-state index in [0.29, 0.717) is 11.7 Å². The Labute approximate surface area is 67.2 Å². The first-order valence-corrected chi connectivity index (χ1v) is 4.89. The van der Waals surface area contributed by atoms with Gasteiger partial charge < -0.3 is 0 Å². The molecule has 0 aliphatic heterocycles. The molecule has 11 heavy (non-hydrogen) atoms. The van der Waals surface area contributed by atoms with Gasteiger partial charge in [-0.2, -0.15) is 0 Å². The molecule has 0 heterocycles. The molecule has 3 fully saturated rings. The molecule has 3 aliphatic carbocycles. The van der Waals surface area contributed by atoms with Gasteiger partial charge in [0.15, 0.2) is 0 Å². The molecule has 1 nitrogen and oxygen atoms in total. The fourth-order valence-electron chi connectivity index (χ4n) is 3.80. The second-order valence-electron chi connectivity index (χ2n) is 4.53. The molecule has 0 aromatic heterocycles. The van der Waals surface area contributed by atoms with E-state index in [1.54, 1.807) is 0 Å². The number of carbonyl (C=O) groups excluding carboxylic acids is 1. The van der Waals surface area contributed by atoms with E-state index in [9.17, 15) is 4.79 Å². The summed E-state index contributed by atoms with van der Waals surface area (Å²) in [6, 6.07) is 0. The minimum absolute atomic E-state index is 0.536. The molecule has 0 aromatic rings. The lowest BCUT2D eigenvalue weighted by atomic mass is 9.81. The van der Waals surface area contributed by atoms with Crippen LogP contribution in [0.25, 0.3) is 0 Å². The predicted molar refractivity (Wildman–Crippen MR) is 42.1 cm³/mol. The van der Waals surface area contributed by atoms with Crippen LogP contribution in [0, 0.1) is 23.7 Å². The van der Waals surface area contributed by atoms with Gasteiger partial charge >= 0.3 is 0 Å². The average molecular weight is 150 g/mol. The molecule has 2 bridgehead atoms. The Hall–Kier alpha value is -0.330. The fourth-order valence-corrected chi connectivity index (χ4v) is 3.80. The molecular weight excluding hydrogens is 136 g/mol. The molecule has 0 aromatic carbocycles. The molecular formula is C10H14O. The lowest BCUT2D eigenvalue weighted by Gasteiger charge is -2.22. The Balaban J connectivity index is 1.97. The van der Waals surface area contributed by atoms with Crippen LogP contribution in [-0.2, 0) is 4.79 Å². The molecule has 0 N–H and O–H groups in total. The zero-order valence-corrected chi connectivity index (χ0v) is 6.75. The van der Waals surface area contributed by atoms with Crippen molar-refractivity contribution >= 4 is 5.78 Å². The third kappa shape index (κ3) is 0.646. The van der Waals surface area contributed by atoms with E-state index < -0.39 is 0 Å². The van der Waals surface area contributed by atoms with Crippen molar-refractivity contribution in [3.8, 4) is 0 Å². The molecule has 0 unspecified atom stereocenters. The molecule has 0 amide bonds. The van der Waals surface area contributed by atoms with Crippen molar-refractivity contribution in [2.75, 3.05) is 0 Å². The van der Waals surface area contributed by atoms with Crippen LogP contribution in [-0.4, -0.2) is 5.78 Å². The minimum atomic E-state index is 0.536. The quantitative estimate of drug-likeness (QED) is 0.516. The number of hydrogen-bond acceptors (Lipinski definition) is 1. The van der Waals surface area contributed by atoms with Gasteiger partial charge in [0.1, 0.15) is 5.78 Å². The predicted octanol–water partition coefficient (Wildman–Crippen LogP) is 2.01. The molecule has 0 spiro atoms. The molecule has 0 radical (unpaired) electrons. The molecule has 3 rings (SSSR count). The van der Waals surface area contributed by atoms with Crippen molar-refractivity contribution in [3.05, 3.63) is 0 Å². The number of rotatable bonds is 0. The Bertz CT molecular complexity index is 209. The van der Waals surface area contributed by atoms with Gasteiger partial charge in [0.05, 0.1) is 0 Å². The third-order valence-corrected chi connectivity index (χ3v) is 4.18. The number of carbonyl (C=O) groups is 1. The summed E-state index contributed by atoms with van der Waals surface area (Å²) in [5, 5.41) is 0. The first kappa shape index (κ1) is 6.22. The van der Waals surface area contributed by atoms with Crippen molar-refractivity contribution in [2.24, 2.45) is 23.7 Å². The Morgan fingerprint density at radius 2 is 1.91 bits per heavy atom. The molecule has 1 heteroatoms. The summed E-state index contributed by atoms with van der Waals surface area (Å²) in [6.45, 7) is 0. The molecule has 3 aliphatic rings. The van der Waals surface area contributed by atoms with E-state index >= 15 is 0 Å². The van der Waals surface area contributed by atoms with Crippen molar-refractivity contribution in [1.82, 2.24) is 0 Å². The van der Waals surface area contributed by atoms with Crippen molar-refractivity contribution < 1.29 is 4.79 Å². The lowest BCUT2D eigenvalue weighted by molar-refractivity contribution is -0.122. The van der Waals surface area contributed by atoms with E-state index in [1.165, 1.54) is 25.7 Å². The van der Waals surface area contributed by atoms with Gasteiger partial charge in [0, 0.05) is 12.3 Å². The summed E-state index contributed by atoms with van der Waals surface area (Å²) in [5.41, 5.74) is 0. The van der Waals surface area contributed by atoms with Crippen molar-refractivity contribution in [3.63, 3.8) is 0 Å². The maximum absolute atomic E-state index is 11.4. The van der Waals surface area contributed by atoms with Gasteiger partial charge in [-0.25, -0.2) is 0 Å². The van der Waals surface area contributed by atoms with E-state index in [0.717, 1.165) is 24.2 Å². The van der Waals surface area contributed by atoms with Crippen LogP contribution < -0.4 is 0 Å². The normalized spacial score (nSPS) is 53.6. The first-order valence-electron chi connectivity index (χ1n) is 4.89. The summed E-state index contributed by atoms with van der Waals surface area (Å²) >= 11 is 0. The summed E-state index contributed by atoms with van der Waals surface area (Å²) in [4.78, 5) is 11.4. The van der Waals surface area contributed by atoms with E-state index in [1.807, 2.05) is 0 Å². The largest absolute Gasteiger partial charge is 0.299 e. The van der Waals surface area contributed by atoms with Crippen LogP contribution in [0.5, 0.6) is 0 Å². The number of hydrogen-bond donors (Lipinski definition) is 0. The van der Waals surface area contributed by atoms with Crippen LogP contribution in [0.4, 0.5) is 0 Å². The smallest absolute Gasteiger partial charge is 0.136 e. The zero-order valence-electron chi connectivity index (χ0n) is 6.75. The average Bonchev–Trinajstić information content (AvgIpc) is 2.60. The van der Waals surface area contributed by atoms with Gasteiger partial charge in [0.2, 0.25) is 0 Å². The summed E-state index contributed by atoms with van der Waals surface area (Å²) in [5.74, 6) is 3.74. The monoisotopic (exact) mass is 150 g/mol. The Morgan fingerprint density at radius 1 is 1.09 bits per heavy atom. The summed E-state index contributed by atoms with van der Waals surface area (Å²) in [6.07, 6.45) is 6.31. The molecule has 3 saturated carbocycles. The second kappa shape index (κ2) is 1.88. The van der Waals surface area contributed by atoms with E-state index in [2.05, 4.69) is 0 Å². The SMILES string of the molecule is O=C1CC[C@@H]2[C@H]3CC[C@H](C3)[C@H]12. The van der Waals surface area contributed by atoms with E-state index in [-0.39, 0.29) is 0 Å². The number of ketones is 1. The molecule has 60 valence electrons. The van der Waals surface area contributed by atoms with Gasteiger partial charge in [-0.15, -0.1) is 0 Å². The first-order chi connectivity index (χ1) is 5.36. The Kier molecular flexibility index (Phi) is 1.06. The van der Waals surface area contributed by atoms with Crippen LogP contribution in [0.3, 0.4) is 0 Å². The number of Topliss-reactive ketones (excluding diaryl/α,β-unsaturated/α-hetero) is 1. The summed E-state index contributed by atoms with van der Waals surface area (Å²) < 4.78 is 0. The van der Waals surface area contributed by atoms with Crippen LogP contribution in [0.15, 0.2) is 0 Å². The van der Waals surface area contributed by atoms with Crippen LogP contribution in [0.2, 0.25) is 0 Å². The highest BCUT2D eigenvalue weighted by atomic mass is 16.1. The number of fused-ring (bicyclic) bond motifs is 5. The van der Waals surface area contributed by atoms with Crippen LogP contribution >= 0.6 is 0 Å². The van der Waals surface area contributed by atoms with Gasteiger partial charge in [-0.1, -0.05) is 0 Å². The standard InChI is InChI=1S/C10H14O/c11-9-4-3-8-6-1-2-7(5-6)10(8)9/h6-8,10H,1-5H2/t6-,7+,8+,10-/m0/s1. The summed E-state index contributed by atoms with van der Waals surface area (Å²) in [7, 11) is 0. The van der Waals surface area contributed by atoms with Gasteiger partial charge in [-0.3, -0.25) is 4.79 Å². The highest BCUT2D eigenvalue weighted by molar-refractivity contribution is 5.84. The topological polar surface area (TPSA) is 17.1 Å². The maximum atomic E-state index is 11.4. The Morgan fingerprint density at radius 3 is 2.73 bits per heavy atom. The maximum Gasteiger partial charge on any atom is 0.136 e. The van der Waals surface area contributed by atoms with E-state index in [4.69, 9.17) is 0 Å². The second-order valence-corrected chi connectivity index (χ2v) is 4.53.